The first-order valence-corrected chi connectivity index (χ1v) is 8.73. The molecule has 9 heteroatoms. The summed E-state index contributed by atoms with van der Waals surface area (Å²) in [5.74, 6) is -1.94. The van der Waals surface area contributed by atoms with Crippen LogP contribution in [-0.2, 0) is 10.3 Å². The van der Waals surface area contributed by atoms with Crippen molar-refractivity contribution >= 4 is 11.7 Å². The molecule has 29 heavy (non-hydrogen) atoms. The van der Waals surface area contributed by atoms with E-state index in [0.29, 0.717) is 5.56 Å². The molecule has 1 aliphatic carbocycles. The zero-order chi connectivity index (χ0) is 21.3. The number of benzene rings is 1. The van der Waals surface area contributed by atoms with E-state index in [1.54, 1.807) is 7.05 Å². The molecule has 1 heterocycles. The number of carbonyl (C=O) groups is 1. The van der Waals surface area contributed by atoms with Crippen LogP contribution >= 0.6 is 0 Å². The van der Waals surface area contributed by atoms with Gasteiger partial charge < -0.3 is 15.4 Å². The molecule has 0 spiro atoms. The summed E-state index contributed by atoms with van der Waals surface area (Å²) in [6.45, 7) is -1.66. The normalized spacial score (nSPS) is 22.6. The number of allylic oxidation sites excluding steroid dienone is 4. The quantitative estimate of drug-likeness (QED) is 0.771. The van der Waals surface area contributed by atoms with Crippen LogP contribution in [0.3, 0.4) is 0 Å². The second-order valence-electron chi connectivity index (χ2n) is 6.80. The molecule has 0 aromatic heterocycles. The Bertz CT molecular complexity index is 968. The average molecular weight is 409 g/mol. The molecule has 0 saturated heterocycles. The molecule has 1 atom stereocenters. The summed E-state index contributed by atoms with van der Waals surface area (Å²) in [4.78, 5) is 18.9. The van der Waals surface area contributed by atoms with Crippen molar-refractivity contribution in [3.05, 3.63) is 64.8 Å². The summed E-state index contributed by atoms with van der Waals surface area (Å²) >= 11 is 0. The minimum atomic E-state index is -3.02. The summed E-state index contributed by atoms with van der Waals surface area (Å²) in [7, 11) is 1.56. The first-order valence-electron chi connectivity index (χ1n) is 8.73. The molecule has 2 aliphatic rings. The Kier molecular flexibility index (Phi) is 5.50. The molecule has 0 saturated carbocycles. The Hall–Kier alpha value is -3.10. The van der Waals surface area contributed by atoms with Crippen LogP contribution in [0.5, 0.6) is 5.75 Å². The number of halogens is 4. The van der Waals surface area contributed by atoms with Crippen molar-refractivity contribution < 1.29 is 27.1 Å². The monoisotopic (exact) mass is 409 g/mol. The van der Waals surface area contributed by atoms with Gasteiger partial charge in [0.15, 0.2) is 17.3 Å². The Morgan fingerprint density at radius 3 is 2.66 bits per heavy atom. The molecular weight excluding hydrogens is 390 g/mol. The molecule has 0 fully saturated rings. The summed E-state index contributed by atoms with van der Waals surface area (Å²) in [6.07, 6.45) is 2.87. The number of rotatable bonds is 4. The lowest BCUT2D eigenvalue weighted by Crippen LogP contribution is -2.52. The van der Waals surface area contributed by atoms with E-state index in [1.165, 1.54) is 30.0 Å². The number of aryl methyl sites for hydroxylation is 1. The van der Waals surface area contributed by atoms with Gasteiger partial charge in [0.2, 0.25) is 0 Å². The third kappa shape index (κ3) is 3.90. The van der Waals surface area contributed by atoms with E-state index in [1.807, 2.05) is 0 Å². The molecule has 1 aromatic rings. The lowest BCUT2D eigenvalue weighted by atomic mass is 9.77. The van der Waals surface area contributed by atoms with E-state index in [9.17, 15) is 22.4 Å². The van der Waals surface area contributed by atoms with E-state index in [0.717, 1.165) is 18.2 Å². The zero-order valence-electron chi connectivity index (χ0n) is 15.8. The summed E-state index contributed by atoms with van der Waals surface area (Å²) in [5.41, 5.74) is 4.63. The molecule has 154 valence electrons. The maximum atomic E-state index is 14.2. The van der Waals surface area contributed by atoms with Gasteiger partial charge in [0.25, 0.3) is 0 Å². The average Bonchev–Trinajstić information content (AvgIpc) is 2.80. The van der Waals surface area contributed by atoms with E-state index < -0.39 is 29.6 Å². The van der Waals surface area contributed by atoms with Crippen LogP contribution in [-0.4, -0.2) is 36.8 Å². The SMILES string of the molecule is Cc1cc(C2(C3=CC(F)=CCC(F)=C3)N=C(N)N(C)CC2=O)ccc1OC(F)F. The number of hydrogen-bond donors (Lipinski definition) is 1. The van der Waals surface area contributed by atoms with E-state index in [2.05, 4.69) is 9.73 Å². The van der Waals surface area contributed by atoms with E-state index >= 15 is 0 Å². The number of carbonyl (C=O) groups excluding carboxylic acids is 1. The van der Waals surface area contributed by atoms with Gasteiger partial charge in [-0.3, -0.25) is 4.79 Å². The van der Waals surface area contributed by atoms with Gasteiger partial charge in [0, 0.05) is 13.5 Å². The van der Waals surface area contributed by atoms with Gasteiger partial charge >= 0.3 is 6.61 Å². The van der Waals surface area contributed by atoms with Crippen LogP contribution in [0.15, 0.2) is 58.6 Å². The fourth-order valence-corrected chi connectivity index (χ4v) is 3.33. The maximum Gasteiger partial charge on any atom is 0.387 e. The highest BCUT2D eigenvalue weighted by atomic mass is 19.3. The third-order valence-corrected chi connectivity index (χ3v) is 4.78. The summed E-state index contributed by atoms with van der Waals surface area (Å²) in [5, 5.41) is 0. The summed E-state index contributed by atoms with van der Waals surface area (Å²) in [6, 6.07) is 4.06. The largest absolute Gasteiger partial charge is 0.435 e. The molecule has 1 aliphatic heterocycles. The van der Waals surface area contributed by atoms with Gasteiger partial charge in [-0.05, 0) is 54.0 Å². The number of ketones is 1. The predicted molar refractivity (Wildman–Crippen MR) is 99.8 cm³/mol. The molecule has 1 aromatic carbocycles. The van der Waals surface area contributed by atoms with Crippen molar-refractivity contribution in [3.63, 3.8) is 0 Å². The number of Topliss-reactive ketones (excluding diaryl/α,β-unsaturated/α-hetero) is 1. The topological polar surface area (TPSA) is 67.9 Å². The standard InChI is InChI=1S/C20H19F4N3O2/c1-11-7-12(3-6-16(11)29-18(23)24)20(17(28)10-27(2)19(25)26-20)13-8-14(21)4-5-15(22)9-13/h3-4,6-9,18H,5,10H2,1-2H3,(H2,25,26). The lowest BCUT2D eigenvalue weighted by molar-refractivity contribution is -0.124. The first kappa shape index (κ1) is 20.6. The first-order chi connectivity index (χ1) is 13.6. The Balaban J connectivity index is 2.26. The molecule has 0 amide bonds. The predicted octanol–water partition coefficient (Wildman–Crippen LogP) is 3.66. The van der Waals surface area contributed by atoms with Crippen LogP contribution in [0.2, 0.25) is 0 Å². The highest BCUT2D eigenvalue weighted by Gasteiger charge is 2.47. The molecule has 3 rings (SSSR count). The number of likely N-dealkylation sites (N-methyl/N-ethyl adjacent to an activating group) is 1. The number of ether oxygens (including phenoxy) is 1. The zero-order valence-corrected chi connectivity index (χ0v) is 15.8. The minimum Gasteiger partial charge on any atom is -0.435 e. The van der Waals surface area contributed by atoms with Gasteiger partial charge in [-0.2, -0.15) is 8.78 Å². The van der Waals surface area contributed by atoms with Crippen molar-refractivity contribution in [1.29, 1.82) is 0 Å². The van der Waals surface area contributed by atoms with Gasteiger partial charge in [-0.15, -0.1) is 0 Å². The molecule has 2 N–H and O–H groups in total. The van der Waals surface area contributed by atoms with Crippen LogP contribution in [0.25, 0.3) is 0 Å². The number of nitrogens with zero attached hydrogens (tertiary/aromatic N) is 2. The van der Waals surface area contributed by atoms with Crippen LogP contribution in [0.1, 0.15) is 17.5 Å². The van der Waals surface area contributed by atoms with Gasteiger partial charge in [-0.1, -0.05) is 6.07 Å². The lowest BCUT2D eigenvalue weighted by Gasteiger charge is -2.37. The fraction of sp³-hybridized carbons (Fsp3) is 0.300. The van der Waals surface area contributed by atoms with Crippen molar-refractivity contribution in [2.75, 3.05) is 13.6 Å². The van der Waals surface area contributed by atoms with E-state index in [-0.39, 0.29) is 35.8 Å². The molecular formula is C20H19F4N3O2. The minimum absolute atomic E-state index is 0.00139. The number of alkyl halides is 2. The Morgan fingerprint density at radius 1 is 1.28 bits per heavy atom. The Morgan fingerprint density at radius 2 is 2.00 bits per heavy atom. The van der Waals surface area contributed by atoms with Crippen LogP contribution in [0.4, 0.5) is 17.6 Å². The second-order valence-corrected chi connectivity index (χ2v) is 6.80. The van der Waals surface area contributed by atoms with Gasteiger partial charge in [0.05, 0.1) is 6.54 Å². The number of hydrogen-bond acceptors (Lipinski definition) is 5. The van der Waals surface area contributed by atoms with Crippen LogP contribution < -0.4 is 10.5 Å². The van der Waals surface area contributed by atoms with E-state index in [4.69, 9.17) is 5.73 Å². The number of aliphatic imine (C=N–C) groups is 1. The summed E-state index contributed by atoms with van der Waals surface area (Å²) < 4.78 is 58.0. The number of nitrogens with two attached hydrogens (primary N) is 1. The highest BCUT2D eigenvalue weighted by Crippen LogP contribution is 2.42. The van der Waals surface area contributed by atoms with Crippen molar-refractivity contribution in [2.45, 2.75) is 25.5 Å². The van der Waals surface area contributed by atoms with Crippen molar-refractivity contribution in [3.8, 4) is 5.75 Å². The maximum absolute atomic E-state index is 14.2. The third-order valence-electron chi connectivity index (χ3n) is 4.78. The van der Waals surface area contributed by atoms with Crippen LogP contribution in [0, 0.1) is 6.92 Å². The van der Waals surface area contributed by atoms with Gasteiger partial charge in [-0.25, -0.2) is 13.8 Å². The van der Waals surface area contributed by atoms with Crippen molar-refractivity contribution in [2.24, 2.45) is 10.7 Å². The van der Waals surface area contributed by atoms with Gasteiger partial charge in [0.1, 0.15) is 17.4 Å². The molecule has 1 unspecified atom stereocenters. The molecule has 0 bridgehead atoms. The molecule has 5 nitrogen and oxygen atoms in total. The number of guanidine groups is 1. The highest BCUT2D eigenvalue weighted by molar-refractivity contribution is 6.02. The fourth-order valence-electron chi connectivity index (χ4n) is 3.33. The second kappa shape index (κ2) is 7.73. The molecule has 0 radical (unpaired) electrons. The smallest absolute Gasteiger partial charge is 0.387 e. The van der Waals surface area contributed by atoms with Crippen molar-refractivity contribution in [1.82, 2.24) is 4.90 Å². The Labute approximate surface area is 164 Å².